The highest BCUT2D eigenvalue weighted by molar-refractivity contribution is 6.18. The van der Waals surface area contributed by atoms with Gasteiger partial charge >= 0.3 is 12.1 Å². The SMILES string of the molecule is CC(C)OC(=O)C1=CN(C(=O)c2cccc(CN3CCN(C(=O)OC(C)(C)C)CC3)c2)CC(C)(C)c2c1[nH]c1ccccc21. The molecule has 2 aromatic carbocycles. The van der Waals surface area contributed by atoms with Crippen LogP contribution >= 0.6 is 0 Å². The van der Waals surface area contributed by atoms with Gasteiger partial charge in [-0.05, 0) is 63.9 Å². The molecule has 2 amide bonds. The molecule has 44 heavy (non-hydrogen) atoms. The lowest BCUT2D eigenvalue weighted by molar-refractivity contribution is -0.140. The van der Waals surface area contributed by atoms with Gasteiger partial charge in [-0.1, -0.05) is 44.2 Å². The lowest BCUT2D eigenvalue weighted by Gasteiger charge is -2.35. The summed E-state index contributed by atoms with van der Waals surface area (Å²) in [4.78, 5) is 49.1. The summed E-state index contributed by atoms with van der Waals surface area (Å²) in [7, 11) is 0. The first-order chi connectivity index (χ1) is 20.7. The average molecular weight is 601 g/mol. The first kappa shape index (κ1) is 31.3. The van der Waals surface area contributed by atoms with Gasteiger partial charge in [0, 0.05) is 67.3 Å². The quantitative estimate of drug-likeness (QED) is 0.364. The Morgan fingerprint density at radius 3 is 2.36 bits per heavy atom. The molecule has 1 N–H and O–H groups in total. The van der Waals surface area contributed by atoms with Crippen LogP contribution in [0.1, 0.15) is 75.6 Å². The van der Waals surface area contributed by atoms with Crippen molar-refractivity contribution in [2.75, 3.05) is 32.7 Å². The molecule has 0 atom stereocenters. The van der Waals surface area contributed by atoms with Crippen LogP contribution in [0.4, 0.5) is 4.79 Å². The number of nitrogens with one attached hydrogen (secondary N) is 1. The van der Waals surface area contributed by atoms with E-state index in [2.05, 4.69) is 23.7 Å². The number of hydrogen-bond acceptors (Lipinski definition) is 6. The second kappa shape index (κ2) is 12.1. The molecule has 2 aliphatic heterocycles. The van der Waals surface area contributed by atoms with E-state index in [1.807, 2.05) is 83.1 Å². The van der Waals surface area contributed by atoms with Crippen LogP contribution in [0.2, 0.25) is 0 Å². The summed E-state index contributed by atoms with van der Waals surface area (Å²) in [6, 6.07) is 15.7. The molecule has 9 heteroatoms. The zero-order valence-corrected chi connectivity index (χ0v) is 26.9. The van der Waals surface area contributed by atoms with E-state index in [1.54, 1.807) is 16.0 Å². The minimum Gasteiger partial charge on any atom is -0.459 e. The summed E-state index contributed by atoms with van der Waals surface area (Å²) in [5.41, 5.74) is 3.53. The fourth-order valence-electron chi connectivity index (χ4n) is 6.02. The van der Waals surface area contributed by atoms with Crippen LogP contribution in [0.3, 0.4) is 0 Å². The monoisotopic (exact) mass is 600 g/mol. The van der Waals surface area contributed by atoms with Crippen molar-refractivity contribution in [3.8, 4) is 0 Å². The lowest BCUT2D eigenvalue weighted by Crippen LogP contribution is -2.49. The number of para-hydroxylation sites is 1. The number of hydrogen-bond donors (Lipinski definition) is 1. The van der Waals surface area contributed by atoms with E-state index in [-0.39, 0.29) is 18.1 Å². The zero-order valence-electron chi connectivity index (χ0n) is 26.9. The number of benzene rings is 2. The Labute approximate surface area is 259 Å². The third kappa shape index (κ3) is 6.83. The van der Waals surface area contributed by atoms with E-state index in [0.717, 1.165) is 22.0 Å². The molecule has 3 heterocycles. The van der Waals surface area contributed by atoms with E-state index in [1.165, 1.54) is 0 Å². The van der Waals surface area contributed by atoms with Crippen molar-refractivity contribution in [3.63, 3.8) is 0 Å². The normalized spacial score (nSPS) is 17.2. The number of piperazine rings is 1. The van der Waals surface area contributed by atoms with E-state index in [0.29, 0.717) is 56.1 Å². The molecular weight excluding hydrogens is 556 g/mol. The van der Waals surface area contributed by atoms with Gasteiger partial charge in [0.2, 0.25) is 0 Å². The first-order valence-corrected chi connectivity index (χ1v) is 15.4. The zero-order chi connectivity index (χ0) is 31.8. The van der Waals surface area contributed by atoms with Gasteiger partial charge in [0.1, 0.15) is 5.60 Å². The van der Waals surface area contributed by atoms with Crippen LogP contribution in [0.5, 0.6) is 0 Å². The lowest BCUT2D eigenvalue weighted by atomic mass is 9.81. The molecule has 1 saturated heterocycles. The fourth-order valence-corrected chi connectivity index (χ4v) is 6.02. The second-order valence-electron chi connectivity index (χ2n) is 13.7. The maximum atomic E-state index is 14.1. The molecule has 2 aliphatic rings. The molecule has 5 rings (SSSR count). The van der Waals surface area contributed by atoms with Crippen molar-refractivity contribution >= 4 is 34.4 Å². The van der Waals surface area contributed by atoms with E-state index in [9.17, 15) is 14.4 Å². The fraction of sp³-hybridized carbons (Fsp3) is 0.457. The second-order valence-corrected chi connectivity index (χ2v) is 13.7. The number of aromatic amines is 1. The summed E-state index contributed by atoms with van der Waals surface area (Å²) < 4.78 is 11.2. The van der Waals surface area contributed by atoms with Gasteiger partial charge in [-0.2, -0.15) is 0 Å². The molecule has 0 radical (unpaired) electrons. The number of carbonyl (C=O) groups excluding carboxylic acids is 3. The molecule has 3 aromatic rings. The summed E-state index contributed by atoms with van der Waals surface area (Å²) in [5.74, 6) is -0.651. The Hall–Kier alpha value is -4.11. The molecule has 1 fully saturated rings. The molecule has 1 aromatic heterocycles. The van der Waals surface area contributed by atoms with Gasteiger partial charge in [0.05, 0.1) is 17.4 Å². The molecule has 0 saturated carbocycles. The number of aromatic nitrogens is 1. The van der Waals surface area contributed by atoms with Gasteiger partial charge < -0.3 is 24.3 Å². The van der Waals surface area contributed by atoms with Crippen molar-refractivity contribution in [1.29, 1.82) is 0 Å². The topological polar surface area (TPSA) is 95.2 Å². The van der Waals surface area contributed by atoms with Gasteiger partial charge in [-0.25, -0.2) is 9.59 Å². The van der Waals surface area contributed by atoms with Crippen LogP contribution in [-0.4, -0.2) is 82.1 Å². The van der Waals surface area contributed by atoms with Gasteiger partial charge in [0.25, 0.3) is 5.91 Å². The molecule has 0 bridgehead atoms. The Bertz CT molecular complexity index is 1590. The van der Waals surface area contributed by atoms with Crippen molar-refractivity contribution in [3.05, 3.63) is 77.1 Å². The number of esters is 1. The highest BCUT2D eigenvalue weighted by atomic mass is 16.6. The van der Waals surface area contributed by atoms with Crippen LogP contribution in [0.25, 0.3) is 16.5 Å². The van der Waals surface area contributed by atoms with Gasteiger partial charge in [-0.3, -0.25) is 9.69 Å². The minimum absolute atomic E-state index is 0.182. The van der Waals surface area contributed by atoms with E-state index >= 15 is 0 Å². The summed E-state index contributed by atoms with van der Waals surface area (Å²) >= 11 is 0. The molecule has 0 unspecified atom stereocenters. The minimum atomic E-state index is -0.522. The number of nitrogens with zero attached hydrogens (tertiary/aromatic N) is 3. The summed E-state index contributed by atoms with van der Waals surface area (Å²) in [5, 5.41) is 1.03. The number of fused-ring (bicyclic) bond motifs is 3. The Morgan fingerprint density at radius 2 is 1.68 bits per heavy atom. The highest BCUT2D eigenvalue weighted by Crippen LogP contribution is 2.40. The van der Waals surface area contributed by atoms with Crippen molar-refractivity contribution in [2.24, 2.45) is 0 Å². The van der Waals surface area contributed by atoms with Crippen LogP contribution in [0.15, 0.2) is 54.7 Å². The van der Waals surface area contributed by atoms with Crippen molar-refractivity contribution in [2.45, 2.75) is 72.1 Å². The summed E-state index contributed by atoms with van der Waals surface area (Å²) in [6.45, 7) is 17.1. The predicted molar refractivity (Wildman–Crippen MR) is 171 cm³/mol. The average Bonchev–Trinajstić information content (AvgIpc) is 3.29. The maximum absolute atomic E-state index is 14.1. The number of H-pyrrole nitrogens is 1. The largest absolute Gasteiger partial charge is 0.459 e. The third-order valence-corrected chi connectivity index (χ3v) is 7.93. The highest BCUT2D eigenvalue weighted by Gasteiger charge is 2.37. The Morgan fingerprint density at radius 1 is 0.977 bits per heavy atom. The summed E-state index contributed by atoms with van der Waals surface area (Å²) in [6.07, 6.45) is 1.06. The van der Waals surface area contributed by atoms with Gasteiger partial charge in [-0.15, -0.1) is 0 Å². The number of rotatable bonds is 5. The maximum Gasteiger partial charge on any atom is 0.410 e. The van der Waals surface area contributed by atoms with E-state index in [4.69, 9.17) is 9.47 Å². The van der Waals surface area contributed by atoms with Crippen LogP contribution in [0, 0.1) is 0 Å². The molecular formula is C35H44N4O5. The smallest absolute Gasteiger partial charge is 0.410 e. The molecule has 234 valence electrons. The number of amides is 2. The standard InChI is InChI=1S/C35H44N4O5/c1-23(2)43-32(41)27-21-39(22-35(6,7)29-26-13-8-9-14-28(26)36-30(27)29)31(40)25-12-10-11-24(19-25)20-37-15-17-38(18-16-37)33(42)44-34(3,4)5/h8-14,19,21,23,36H,15-18,20,22H2,1-7H3. The van der Waals surface area contributed by atoms with E-state index < -0.39 is 17.0 Å². The predicted octanol–water partition coefficient (Wildman–Crippen LogP) is 5.95. The van der Waals surface area contributed by atoms with Crippen LogP contribution in [-0.2, 0) is 26.2 Å². The number of ether oxygens (including phenoxy) is 2. The van der Waals surface area contributed by atoms with Gasteiger partial charge in [0.15, 0.2) is 0 Å². The van der Waals surface area contributed by atoms with Crippen molar-refractivity contribution < 1.29 is 23.9 Å². The molecule has 0 spiro atoms. The Kier molecular flexibility index (Phi) is 8.62. The Balaban J connectivity index is 1.37. The first-order valence-electron chi connectivity index (χ1n) is 15.4. The van der Waals surface area contributed by atoms with Crippen LogP contribution < -0.4 is 0 Å². The molecule has 0 aliphatic carbocycles. The molecule has 9 nitrogen and oxygen atoms in total. The van der Waals surface area contributed by atoms with Crippen molar-refractivity contribution in [1.82, 2.24) is 19.7 Å². The third-order valence-electron chi connectivity index (χ3n) is 7.93. The number of carbonyl (C=O) groups is 3.